The third-order valence-corrected chi connectivity index (χ3v) is 3.66. The fourth-order valence-electron chi connectivity index (χ4n) is 2.31. The number of hydrogen-bond acceptors (Lipinski definition) is 8. The predicted molar refractivity (Wildman–Crippen MR) is 77.4 cm³/mol. The molecule has 128 valence electrons. The minimum atomic E-state index is -1.56. The second-order valence-electron chi connectivity index (χ2n) is 5.23. The first-order valence-corrected chi connectivity index (χ1v) is 7.05. The highest BCUT2D eigenvalue weighted by Gasteiger charge is 2.44. The smallest absolute Gasteiger partial charge is 0.229 e. The van der Waals surface area contributed by atoms with E-state index in [0.717, 1.165) is 0 Å². The SMILES string of the molecule is COc1ccc(C(C)=O)c(OC2OC(CO)C(O)C(O)C2O)c1. The fourth-order valence-corrected chi connectivity index (χ4v) is 2.31. The van der Waals surface area contributed by atoms with Crippen LogP contribution in [0.25, 0.3) is 0 Å². The van der Waals surface area contributed by atoms with Crippen LogP contribution in [-0.2, 0) is 4.74 Å². The Hall–Kier alpha value is -1.71. The van der Waals surface area contributed by atoms with Crippen molar-refractivity contribution in [2.75, 3.05) is 13.7 Å². The van der Waals surface area contributed by atoms with E-state index < -0.39 is 37.3 Å². The molecule has 0 amide bonds. The molecule has 0 radical (unpaired) electrons. The first-order valence-electron chi connectivity index (χ1n) is 7.05. The molecule has 1 aliphatic rings. The van der Waals surface area contributed by atoms with Crippen LogP contribution in [0, 0.1) is 0 Å². The predicted octanol–water partition coefficient (Wildman–Crippen LogP) is -0.924. The summed E-state index contributed by atoms with van der Waals surface area (Å²) < 4.78 is 15.8. The number of aliphatic hydroxyl groups excluding tert-OH is 4. The highest BCUT2D eigenvalue weighted by atomic mass is 16.7. The fraction of sp³-hybridized carbons (Fsp3) is 0.533. The van der Waals surface area contributed by atoms with Crippen LogP contribution in [0.5, 0.6) is 11.5 Å². The summed E-state index contributed by atoms with van der Waals surface area (Å²) in [5.41, 5.74) is 0.239. The molecule has 1 heterocycles. The zero-order chi connectivity index (χ0) is 17.1. The van der Waals surface area contributed by atoms with E-state index in [1.165, 1.54) is 26.2 Å². The molecule has 1 aromatic carbocycles. The summed E-state index contributed by atoms with van der Waals surface area (Å²) in [7, 11) is 1.44. The van der Waals surface area contributed by atoms with Crippen molar-refractivity contribution in [3.63, 3.8) is 0 Å². The van der Waals surface area contributed by atoms with E-state index in [1.807, 2.05) is 0 Å². The lowest BCUT2D eigenvalue weighted by atomic mass is 9.99. The van der Waals surface area contributed by atoms with E-state index in [1.54, 1.807) is 6.07 Å². The number of ketones is 1. The molecule has 1 aromatic rings. The quantitative estimate of drug-likeness (QED) is 0.511. The lowest BCUT2D eigenvalue weighted by Crippen LogP contribution is -2.60. The van der Waals surface area contributed by atoms with Crippen molar-refractivity contribution in [3.8, 4) is 11.5 Å². The van der Waals surface area contributed by atoms with Gasteiger partial charge in [0.2, 0.25) is 6.29 Å². The third kappa shape index (κ3) is 3.62. The van der Waals surface area contributed by atoms with Gasteiger partial charge in [-0.3, -0.25) is 4.79 Å². The normalized spacial score (nSPS) is 30.8. The summed E-state index contributed by atoms with van der Waals surface area (Å²) in [6, 6.07) is 4.52. The number of hydrogen-bond donors (Lipinski definition) is 4. The van der Waals surface area contributed by atoms with E-state index in [-0.39, 0.29) is 17.1 Å². The number of benzene rings is 1. The maximum absolute atomic E-state index is 11.7. The Bertz CT molecular complexity index is 558. The maximum Gasteiger partial charge on any atom is 0.229 e. The van der Waals surface area contributed by atoms with Crippen LogP contribution in [0.4, 0.5) is 0 Å². The second kappa shape index (κ2) is 7.24. The van der Waals surface area contributed by atoms with Crippen molar-refractivity contribution >= 4 is 5.78 Å². The van der Waals surface area contributed by atoms with Gasteiger partial charge in [0.15, 0.2) is 5.78 Å². The van der Waals surface area contributed by atoms with Gasteiger partial charge in [0.05, 0.1) is 19.3 Å². The first-order chi connectivity index (χ1) is 10.9. The molecule has 0 aliphatic carbocycles. The van der Waals surface area contributed by atoms with Gasteiger partial charge in [0, 0.05) is 6.07 Å². The standard InChI is InChI=1S/C15H20O8/c1-7(17)9-4-3-8(21-2)5-10(9)22-15-14(20)13(19)12(18)11(6-16)23-15/h3-5,11-16,18-20H,6H2,1-2H3. The molecule has 8 heteroatoms. The van der Waals surface area contributed by atoms with Crippen LogP contribution in [0.2, 0.25) is 0 Å². The van der Waals surface area contributed by atoms with Crippen molar-refractivity contribution in [1.29, 1.82) is 0 Å². The summed E-state index contributed by atoms with van der Waals surface area (Å²) in [5, 5.41) is 38.7. The van der Waals surface area contributed by atoms with E-state index in [4.69, 9.17) is 19.3 Å². The Kier molecular flexibility index (Phi) is 5.55. The second-order valence-corrected chi connectivity index (χ2v) is 5.23. The number of methoxy groups -OCH3 is 1. The molecule has 0 spiro atoms. The molecule has 1 aliphatic heterocycles. The molecular weight excluding hydrogens is 308 g/mol. The third-order valence-electron chi connectivity index (χ3n) is 3.66. The Morgan fingerprint density at radius 1 is 1.22 bits per heavy atom. The molecule has 4 N–H and O–H groups in total. The highest BCUT2D eigenvalue weighted by Crippen LogP contribution is 2.29. The van der Waals surface area contributed by atoms with E-state index in [2.05, 4.69) is 0 Å². The van der Waals surface area contributed by atoms with Crippen molar-refractivity contribution in [2.24, 2.45) is 0 Å². The molecule has 2 rings (SSSR count). The average molecular weight is 328 g/mol. The molecular formula is C15H20O8. The molecule has 1 fully saturated rings. The van der Waals surface area contributed by atoms with Gasteiger partial charge < -0.3 is 34.6 Å². The molecule has 8 nitrogen and oxygen atoms in total. The molecule has 0 aromatic heterocycles. The van der Waals surface area contributed by atoms with Gasteiger partial charge >= 0.3 is 0 Å². The number of aliphatic hydroxyl groups is 4. The van der Waals surface area contributed by atoms with E-state index >= 15 is 0 Å². The van der Waals surface area contributed by atoms with Crippen LogP contribution in [0.15, 0.2) is 18.2 Å². The van der Waals surface area contributed by atoms with E-state index in [9.17, 15) is 20.1 Å². The highest BCUT2D eigenvalue weighted by molar-refractivity contribution is 5.97. The van der Waals surface area contributed by atoms with Gasteiger partial charge in [0.1, 0.15) is 35.9 Å². The summed E-state index contributed by atoms with van der Waals surface area (Å²) in [6.45, 7) is 0.782. The monoisotopic (exact) mass is 328 g/mol. The van der Waals surface area contributed by atoms with Gasteiger partial charge in [0.25, 0.3) is 0 Å². The zero-order valence-electron chi connectivity index (χ0n) is 12.7. The lowest BCUT2D eigenvalue weighted by Gasteiger charge is -2.39. The number of rotatable bonds is 5. The van der Waals surface area contributed by atoms with Gasteiger partial charge in [-0.15, -0.1) is 0 Å². The van der Waals surface area contributed by atoms with Crippen LogP contribution < -0.4 is 9.47 Å². The molecule has 0 saturated carbocycles. The molecule has 0 bridgehead atoms. The molecule has 5 unspecified atom stereocenters. The van der Waals surface area contributed by atoms with Crippen molar-refractivity contribution in [1.82, 2.24) is 0 Å². The average Bonchev–Trinajstić information content (AvgIpc) is 2.54. The Morgan fingerprint density at radius 3 is 2.48 bits per heavy atom. The topological polar surface area (TPSA) is 126 Å². The maximum atomic E-state index is 11.7. The van der Waals surface area contributed by atoms with E-state index in [0.29, 0.717) is 5.75 Å². The van der Waals surface area contributed by atoms with Crippen LogP contribution in [0.1, 0.15) is 17.3 Å². The Morgan fingerprint density at radius 2 is 1.91 bits per heavy atom. The lowest BCUT2D eigenvalue weighted by molar-refractivity contribution is -0.277. The molecule has 23 heavy (non-hydrogen) atoms. The number of Topliss-reactive ketones (excluding diaryl/α,β-unsaturated/α-hetero) is 1. The number of carbonyl (C=O) groups is 1. The summed E-state index contributed by atoms with van der Waals surface area (Å²) in [6.07, 6.45) is -7.05. The van der Waals surface area contributed by atoms with Gasteiger partial charge in [-0.25, -0.2) is 0 Å². The number of ether oxygens (including phenoxy) is 3. The van der Waals surface area contributed by atoms with Crippen LogP contribution >= 0.6 is 0 Å². The van der Waals surface area contributed by atoms with Gasteiger partial charge in [-0.1, -0.05) is 0 Å². The zero-order valence-corrected chi connectivity index (χ0v) is 12.7. The first kappa shape index (κ1) is 17.6. The largest absolute Gasteiger partial charge is 0.497 e. The summed E-state index contributed by atoms with van der Waals surface area (Å²) >= 11 is 0. The van der Waals surface area contributed by atoms with Crippen LogP contribution in [-0.4, -0.2) is 70.6 Å². The summed E-state index contributed by atoms with van der Waals surface area (Å²) in [4.78, 5) is 11.7. The van der Waals surface area contributed by atoms with Crippen LogP contribution in [0.3, 0.4) is 0 Å². The van der Waals surface area contributed by atoms with Crippen molar-refractivity contribution in [3.05, 3.63) is 23.8 Å². The van der Waals surface area contributed by atoms with Crippen molar-refractivity contribution in [2.45, 2.75) is 37.6 Å². The van der Waals surface area contributed by atoms with Gasteiger partial charge in [-0.2, -0.15) is 0 Å². The minimum Gasteiger partial charge on any atom is -0.497 e. The number of carbonyl (C=O) groups excluding carboxylic acids is 1. The minimum absolute atomic E-state index is 0.0983. The summed E-state index contributed by atoms with van der Waals surface area (Å²) in [5.74, 6) is 0.253. The van der Waals surface area contributed by atoms with Crippen molar-refractivity contribution < 1.29 is 39.4 Å². The Labute approximate surface area is 132 Å². The Balaban J connectivity index is 2.28. The van der Waals surface area contributed by atoms with Gasteiger partial charge in [-0.05, 0) is 19.1 Å². The molecule has 1 saturated heterocycles. The molecule has 5 atom stereocenters.